The minimum atomic E-state index is -1.93. The van der Waals surface area contributed by atoms with Crippen LogP contribution in [0.5, 0.6) is 0 Å². The van der Waals surface area contributed by atoms with E-state index in [9.17, 15) is 39.6 Å². The maximum Gasteiger partial charge on any atom is 0.335 e. The zero-order chi connectivity index (χ0) is 30.6. The number of hydrogen-bond donors (Lipinski definition) is 5. The molecular weight excluding hydrogens is 552 g/mol. The van der Waals surface area contributed by atoms with E-state index in [0.717, 1.165) is 18.4 Å². The Bertz CT molecular complexity index is 1120. The summed E-state index contributed by atoms with van der Waals surface area (Å²) in [5.74, 6) is -3.39. The third-order valence-corrected chi connectivity index (χ3v) is 8.37. The fourth-order valence-electron chi connectivity index (χ4n) is 6.22. The molecule has 3 aliphatic rings. The smallest absolute Gasteiger partial charge is 0.335 e. The first-order valence-electron chi connectivity index (χ1n) is 14.4. The highest BCUT2D eigenvalue weighted by Gasteiger charge is 2.53. The van der Waals surface area contributed by atoms with Crippen molar-refractivity contribution < 1.29 is 53.8 Å². The molecule has 0 aromatic heterocycles. The molecule has 42 heavy (non-hydrogen) atoms. The van der Waals surface area contributed by atoms with Crippen LogP contribution >= 0.6 is 0 Å². The number of nitrogens with zero attached hydrogens (tertiary/aromatic N) is 1. The van der Waals surface area contributed by atoms with Crippen molar-refractivity contribution in [1.29, 1.82) is 0 Å². The third kappa shape index (κ3) is 6.92. The maximum absolute atomic E-state index is 13.9. The summed E-state index contributed by atoms with van der Waals surface area (Å²) in [5, 5.41) is 42.7. The molecule has 0 radical (unpaired) electrons. The number of likely N-dealkylation sites (tertiary alicyclic amines) is 1. The van der Waals surface area contributed by atoms with Gasteiger partial charge in [-0.15, -0.1) is 0 Å². The third-order valence-electron chi connectivity index (χ3n) is 8.37. The summed E-state index contributed by atoms with van der Waals surface area (Å²) in [6.07, 6.45) is -5.95. The van der Waals surface area contributed by atoms with Gasteiger partial charge in [0.15, 0.2) is 6.10 Å². The summed E-state index contributed by atoms with van der Waals surface area (Å²) >= 11 is 0. The van der Waals surface area contributed by atoms with Crippen molar-refractivity contribution >= 4 is 23.8 Å². The second-order valence-corrected chi connectivity index (χ2v) is 11.1. The SMILES string of the molecule is CCOC(=O)[C@H](CCc1ccccc1)N[C@@H](C)C(=O)N1[C@H](C(=O)O[C@@H]2OC(C(=O)O)[C@@H](O)C(O)[C@@H]2O)C[C@@H]2CCC[C@@H]21. The molecule has 13 heteroatoms. The Balaban J connectivity index is 1.47. The predicted octanol–water partition coefficient (Wildman–Crippen LogP) is -0.266. The van der Waals surface area contributed by atoms with Gasteiger partial charge in [-0.25, -0.2) is 9.59 Å². The number of carbonyl (C=O) groups is 4. The van der Waals surface area contributed by atoms with E-state index in [2.05, 4.69) is 5.32 Å². The zero-order valence-electron chi connectivity index (χ0n) is 23.7. The van der Waals surface area contributed by atoms with Crippen molar-refractivity contribution in [2.75, 3.05) is 6.61 Å². The minimum Gasteiger partial charge on any atom is -0.479 e. The molecule has 13 nitrogen and oxygen atoms in total. The van der Waals surface area contributed by atoms with Crippen molar-refractivity contribution in [2.45, 2.75) is 107 Å². The van der Waals surface area contributed by atoms with E-state index < -0.39 is 72.6 Å². The standard InChI is InChI=1S/C29H40N2O11/c1-3-40-27(38)18(13-12-16-8-5-4-6-9-16)30-15(2)25(35)31-19-11-7-10-17(19)14-20(31)28(39)42-29-23(34)21(32)22(33)24(41-29)26(36)37/h4-6,8-9,15,17-24,29-30,32-34H,3,7,10-14H2,1-2H3,(H,36,37)/t15-,17-,18-,19-,20-,21?,22-,23-,24?,29-/m0/s1. The van der Waals surface area contributed by atoms with Crippen LogP contribution in [-0.2, 0) is 39.8 Å². The van der Waals surface area contributed by atoms with E-state index in [1.807, 2.05) is 30.3 Å². The van der Waals surface area contributed by atoms with Gasteiger partial charge in [-0.3, -0.25) is 14.9 Å². The molecule has 0 bridgehead atoms. The number of aliphatic hydroxyl groups is 3. The number of carboxylic acids is 1. The van der Waals surface area contributed by atoms with Gasteiger partial charge in [0.05, 0.1) is 12.6 Å². The lowest BCUT2D eigenvalue weighted by atomic mass is 9.99. The Morgan fingerprint density at radius 1 is 1.07 bits per heavy atom. The molecule has 2 aliphatic heterocycles. The fourth-order valence-corrected chi connectivity index (χ4v) is 6.22. The highest BCUT2D eigenvalue weighted by atomic mass is 16.7. The second-order valence-electron chi connectivity index (χ2n) is 11.1. The summed E-state index contributed by atoms with van der Waals surface area (Å²) in [5.41, 5.74) is 1.03. The number of fused-ring (bicyclic) bond motifs is 1. The monoisotopic (exact) mass is 592 g/mol. The molecule has 5 N–H and O–H groups in total. The van der Waals surface area contributed by atoms with E-state index in [0.29, 0.717) is 25.7 Å². The van der Waals surface area contributed by atoms with Gasteiger partial charge >= 0.3 is 17.9 Å². The van der Waals surface area contributed by atoms with Crippen molar-refractivity contribution in [1.82, 2.24) is 10.2 Å². The first-order valence-corrected chi connectivity index (χ1v) is 14.4. The molecule has 3 fully saturated rings. The summed E-state index contributed by atoms with van der Waals surface area (Å²) in [4.78, 5) is 52.9. The molecule has 2 unspecified atom stereocenters. The number of nitrogens with one attached hydrogen (secondary N) is 1. The molecule has 0 spiro atoms. The predicted molar refractivity (Wildman–Crippen MR) is 145 cm³/mol. The largest absolute Gasteiger partial charge is 0.479 e. The lowest BCUT2D eigenvalue weighted by Gasteiger charge is -2.39. The van der Waals surface area contributed by atoms with Crippen molar-refractivity contribution in [3.63, 3.8) is 0 Å². The molecule has 232 valence electrons. The van der Waals surface area contributed by atoms with E-state index in [-0.39, 0.29) is 18.6 Å². The average Bonchev–Trinajstić information content (AvgIpc) is 3.57. The Kier molecular flexibility index (Phi) is 10.5. The number of carbonyl (C=O) groups excluding carboxylic acids is 3. The lowest BCUT2D eigenvalue weighted by molar-refractivity contribution is -0.287. The summed E-state index contributed by atoms with van der Waals surface area (Å²) in [6.45, 7) is 3.50. The quantitative estimate of drug-likeness (QED) is 0.212. The Hall–Kier alpha value is -3.10. The molecule has 2 heterocycles. The van der Waals surface area contributed by atoms with Crippen LogP contribution in [0.2, 0.25) is 0 Å². The van der Waals surface area contributed by atoms with Gasteiger partial charge < -0.3 is 39.5 Å². The van der Waals surface area contributed by atoms with Gasteiger partial charge in [0.25, 0.3) is 0 Å². The minimum absolute atomic E-state index is 0.0361. The highest BCUT2D eigenvalue weighted by Crippen LogP contribution is 2.42. The Labute approximate surface area is 243 Å². The van der Waals surface area contributed by atoms with Crippen LogP contribution in [0.1, 0.15) is 51.5 Å². The maximum atomic E-state index is 13.9. The van der Waals surface area contributed by atoms with Crippen LogP contribution in [0.25, 0.3) is 0 Å². The molecule has 4 rings (SSSR count). The number of amides is 1. The van der Waals surface area contributed by atoms with Gasteiger partial charge in [-0.05, 0) is 57.4 Å². The molecule has 2 saturated heterocycles. The fraction of sp³-hybridized carbons (Fsp3) is 0.655. The normalized spacial score (nSPS) is 32.1. The zero-order valence-corrected chi connectivity index (χ0v) is 23.7. The molecule has 1 saturated carbocycles. The van der Waals surface area contributed by atoms with Crippen molar-refractivity contribution in [3.05, 3.63) is 35.9 Å². The number of aliphatic hydroxyl groups excluding tert-OH is 3. The summed E-state index contributed by atoms with van der Waals surface area (Å²) in [7, 11) is 0. The first kappa shape index (κ1) is 31.8. The van der Waals surface area contributed by atoms with Gasteiger partial charge in [-0.1, -0.05) is 36.8 Å². The summed E-state index contributed by atoms with van der Waals surface area (Å²) in [6, 6.07) is 6.67. The molecule has 1 aliphatic carbocycles. The molecule has 1 aromatic carbocycles. The van der Waals surface area contributed by atoms with E-state index in [1.54, 1.807) is 13.8 Å². The number of rotatable bonds is 11. The number of aryl methyl sites for hydroxylation is 1. The van der Waals surface area contributed by atoms with E-state index in [4.69, 9.17) is 14.2 Å². The van der Waals surface area contributed by atoms with Gasteiger partial charge in [0.1, 0.15) is 30.4 Å². The lowest BCUT2D eigenvalue weighted by Crippen LogP contribution is -2.61. The van der Waals surface area contributed by atoms with Crippen LogP contribution in [0.15, 0.2) is 30.3 Å². The first-order chi connectivity index (χ1) is 20.0. The topological polar surface area (TPSA) is 192 Å². The van der Waals surface area contributed by atoms with E-state index in [1.165, 1.54) is 4.90 Å². The number of benzene rings is 1. The van der Waals surface area contributed by atoms with Gasteiger partial charge in [0.2, 0.25) is 12.2 Å². The average molecular weight is 593 g/mol. The number of hydrogen-bond acceptors (Lipinski definition) is 11. The van der Waals surface area contributed by atoms with Crippen LogP contribution in [-0.4, -0.2) is 111 Å². The van der Waals surface area contributed by atoms with Crippen molar-refractivity contribution in [2.24, 2.45) is 5.92 Å². The number of esters is 2. The van der Waals surface area contributed by atoms with Crippen LogP contribution in [0.3, 0.4) is 0 Å². The van der Waals surface area contributed by atoms with Crippen molar-refractivity contribution in [3.8, 4) is 0 Å². The summed E-state index contributed by atoms with van der Waals surface area (Å²) < 4.78 is 15.7. The Morgan fingerprint density at radius 3 is 2.45 bits per heavy atom. The van der Waals surface area contributed by atoms with Gasteiger partial charge in [0, 0.05) is 6.04 Å². The number of aliphatic carboxylic acids is 1. The molecule has 10 atom stereocenters. The molecule has 1 aromatic rings. The van der Waals surface area contributed by atoms with Gasteiger partial charge in [-0.2, -0.15) is 0 Å². The van der Waals surface area contributed by atoms with Crippen LogP contribution in [0, 0.1) is 5.92 Å². The molecule has 1 amide bonds. The number of ether oxygens (including phenoxy) is 3. The highest BCUT2D eigenvalue weighted by molar-refractivity contribution is 5.89. The second kappa shape index (κ2) is 13.9. The van der Waals surface area contributed by atoms with Crippen LogP contribution < -0.4 is 5.32 Å². The van der Waals surface area contributed by atoms with E-state index >= 15 is 0 Å². The Morgan fingerprint density at radius 2 is 1.79 bits per heavy atom. The van der Waals surface area contributed by atoms with Crippen LogP contribution in [0.4, 0.5) is 0 Å². The molecular formula is C29H40N2O11. The number of carboxylic acid groups (broad SMARTS) is 1.